The van der Waals surface area contributed by atoms with Crippen molar-refractivity contribution >= 4 is 22.9 Å². The first-order valence-corrected chi connectivity index (χ1v) is 13.1. The number of anilines is 1. The molecule has 0 spiro atoms. The van der Waals surface area contributed by atoms with Gasteiger partial charge in [0.15, 0.2) is 11.3 Å². The number of benzene rings is 2. The average molecular weight is 507 g/mol. The number of rotatable bonds is 5. The number of likely N-dealkylation sites (tertiary alicyclic amines) is 1. The molecule has 0 saturated carbocycles. The predicted molar refractivity (Wildman–Crippen MR) is 148 cm³/mol. The molecule has 0 aliphatic carbocycles. The first kappa shape index (κ1) is 24.1. The Morgan fingerprint density at radius 3 is 2.71 bits per heavy atom. The number of nitrogens with zero attached hydrogens (tertiary/aromatic N) is 6. The van der Waals surface area contributed by atoms with Gasteiger partial charge in [0.25, 0.3) is 0 Å². The van der Waals surface area contributed by atoms with Crippen molar-refractivity contribution < 1.29 is 9.53 Å². The van der Waals surface area contributed by atoms with Crippen LogP contribution in [0.2, 0.25) is 0 Å². The molecule has 1 amide bonds. The highest BCUT2D eigenvalue weighted by atomic mass is 16.5. The fourth-order valence-electron chi connectivity index (χ4n) is 5.61. The summed E-state index contributed by atoms with van der Waals surface area (Å²) in [5.74, 6) is 0.565. The van der Waals surface area contributed by atoms with E-state index < -0.39 is 0 Å². The summed E-state index contributed by atoms with van der Waals surface area (Å²) < 4.78 is 8.28. The van der Waals surface area contributed by atoms with Crippen LogP contribution in [0.15, 0.2) is 54.9 Å². The van der Waals surface area contributed by atoms with Crippen molar-refractivity contribution in [3.05, 3.63) is 71.8 Å². The summed E-state index contributed by atoms with van der Waals surface area (Å²) >= 11 is 0. The van der Waals surface area contributed by atoms with E-state index in [1.165, 1.54) is 6.42 Å². The Morgan fingerprint density at radius 2 is 1.92 bits per heavy atom. The minimum atomic E-state index is 0.116. The van der Waals surface area contributed by atoms with Crippen LogP contribution in [-0.2, 0) is 11.2 Å². The van der Waals surface area contributed by atoms with Gasteiger partial charge in [0, 0.05) is 44.0 Å². The van der Waals surface area contributed by atoms with E-state index >= 15 is 0 Å². The molecule has 8 heteroatoms. The first-order chi connectivity index (χ1) is 18.5. The van der Waals surface area contributed by atoms with E-state index in [1.807, 2.05) is 29.8 Å². The van der Waals surface area contributed by atoms with Crippen molar-refractivity contribution in [1.82, 2.24) is 19.3 Å². The molecule has 6 rings (SSSR count). The zero-order valence-corrected chi connectivity index (χ0v) is 21.7. The van der Waals surface area contributed by atoms with Crippen molar-refractivity contribution in [2.45, 2.75) is 25.7 Å². The van der Waals surface area contributed by atoms with Gasteiger partial charge >= 0.3 is 6.01 Å². The lowest BCUT2D eigenvalue weighted by Gasteiger charge is -2.29. The topological polar surface area (TPSA) is 67.3 Å². The summed E-state index contributed by atoms with van der Waals surface area (Å²) in [6.07, 6.45) is 7.23. The van der Waals surface area contributed by atoms with Gasteiger partial charge < -0.3 is 14.5 Å². The Morgan fingerprint density at radius 1 is 1.11 bits per heavy atom. The number of ether oxygens (including phenoxy) is 1. The van der Waals surface area contributed by atoms with Crippen LogP contribution in [0.3, 0.4) is 0 Å². The van der Waals surface area contributed by atoms with E-state index in [0.29, 0.717) is 30.6 Å². The Hall–Kier alpha value is -4.22. The van der Waals surface area contributed by atoms with Gasteiger partial charge in [0.1, 0.15) is 0 Å². The summed E-state index contributed by atoms with van der Waals surface area (Å²) in [5, 5.41) is 0. The molecule has 2 aromatic heterocycles. The number of carbonyl (C=O) groups excluding carboxylic acids is 1. The van der Waals surface area contributed by atoms with Crippen molar-refractivity contribution in [3.63, 3.8) is 0 Å². The molecule has 0 N–H and O–H groups in total. The van der Waals surface area contributed by atoms with E-state index in [1.54, 1.807) is 23.2 Å². The Kier molecular flexibility index (Phi) is 6.30. The van der Waals surface area contributed by atoms with Crippen molar-refractivity contribution in [2.75, 3.05) is 38.7 Å². The molecule has 4 heterocycles. The average Bonchev–Trinajstić information content (AvgIpc) is 3.43. The Labute approximate surface area is 222 Å². The van der Waals surface area contributed by atoms with E-state index in [9.17, 15) is 4.79 Å². The number of piperidine rings is 1. The molecule has 2 aromatic carbocycles. The van der Waals surface area contributed by atoms with E-state index in [4.69, 9.17) is 21.3 Å². The van der Waals surface area contributed by atoms with Crippen molar-refractivity contribution in [1.29, 1.82) is 0 Å². The molecule has 0 radical (unpaired) electrons. The van der Waals surface area contributed by atoms with Gasteiger partial charge in [-0.2, -0.15) is 4.98 Å². The second-order valence-electron chi connectivity index (χ2n) is 10.3. The largest absolute Gasteiger partial charge is 0.464 e. The van der Waals surface area contributed by atoms with E-state index in [-0.39, 0.29) is 5.91 Å². The lowest BCUT2D eigenvalue weighted by atomic mass is 9.94. The second kappa shape index (κ2) is 9.92. The summed E-state index contributed by atoms with van der Waals surface area (Å²) in [5.41, 5.74) is 6.79. The van der Waals surface area contributed by atoms with Gasteiger partial charge in [-0.25, -0.2) is 9.83 Å². The summed E-state index contributed by atoms with van der Waals surface area (Å²) in [6.45, 7) is 10.1. The van der Waals surface area contributed by atoms with Gasteiger partial charge in [0.05, 0.1) is 24.4 Å². The number of hydrogen-bond donors (Lipinski definition) is 0. The number of amides is 1. The molecular formula is C30H30N6O2. The number of carbonyl (C=O) groups is 1. The van der Waals surface area contributed by atoms with Crippen LogP contribution in [-0.4, -0.2) is 59.0 Å². The molecule has 1 saturated heterocycles. The molecule has 2 aliphatic heterocycles. The minimum Gasteiger partial charge on any atom is -0.464 e. The summed E-state index contributed by atoms with van der Waals surface area (Å²) in [6, 6.07) is 14.2. The molecule has 192 valence electrons. The maximum atomic E-state index is 12.4. The molecule has 4 aromatic rings. The van der Waals surface area contributed by atoms with Crippen LogP contribution in [0.4, 0.5) is 11.4 Å². The SMILES string of the molecule is [C-]#[N+]c1ccc(-c2nc(OC[C@@H]3CCCN(C)C3)n3ccnc3c2-c2ccc3c(c2)N(C)C(=O)CC3)cc1. The highest BCUT2D eigenvalue weighted by Crippen LogP contribution is 2.39. The van der Waals surface area contributed by atoms with Crippen molar-refractivity contribution in [2.24, 2.45) is 5.92 Å². The Balaban J connectivity index is 1.49. The number of aromatic nitrogens is 3. The number of aryl methyl sites for hydroxylation is 1. The van der Waals surface area contributed by atoms with E-state index in [0.717, 1.165) is 65.2 Å². The van der Waals surface area contributed by atoms with Crippen LogP contribution in [0.25, 0.3) is 32.9 Å². The molecule has 1 fully saturated rings. The van der Waals surface area contributed by atoms with Gasteiger partial charge in [-0.15, -0.1) is 0 Å². The lowest BCUT2D eigenvalue weighted by Crippen LogP contribution is -2.35. The quantitative estimate of drug-likeness (QED) is 0.346. The third-order valence-corrected chi connectivity index (χ3v) is 7.67. The molecular weight excluding hydrogens is 476 g/mol. The number of hydrogen-bond acceptors (Lipinski definition) is 5. The van der Waals surface area contributed by atoms with Crippen LogP contribution in [0.5, 0.6) is 6.01 Å². The minimum absolute atomic E-state index is 0.116. The zero-order chi connectivity index (χ0) is 26.2. The number of fused-ring (bicyclic) bond motifs is 2. The van der Waals surface area contributed by atoms with Crippen LogP contribution in [0, 0.1) is 12.5 Å². The van der Waals surface area contributed by atoms with Gasteiger partial charge in [-0.05, 0) is 55.6 Å². The molecule has 8 nitrogen and oxygen atoms in total. The van der Waals surface area contributed by atoms with Crippen molar-refractivity contribution in [3.8, 4) is 28.4 Å². The standard InChI is InChI=1S/C30H30N6O2/c1-31-24-11-8-22(9-12-24)28-27(23-7-6-21-10-13-26(37)35(3)25(21)17-23)29-32-14-16-36(29)30(33-28)38-19-20-5-4-15-34(2)18-20/h6-9,11-12,14,16-17,20H,4-5,10,13,15,18-19H2,2-3H3/t20-/m1/s1. The predicted octanol–water partition coefficient (Wildman–Crippen LogP) is 5.24. The van der Waals surface area contributed by atoms with Crippen LogP contribution >= 0.6 is 0 Å². The zero-order valence-electron chi connectivity index (χ0n) is 21.7. The van der Waals surface area contributed by atoms with Gasteiger partial charge in [0.2, 0.25) is 5.91 Å². The summed E-state index contributed by atoms with van der Waals surface area (Å²) in [4.78, 5) is 29.9. The third-order valence-electron chi connectivity index (χ3n) is 7.67. The maximum Gasteiger partial charge on any atom is 0.302 e. The van der Waals surface area contributed by atoms with Crippen LogP contribution < -0.4 is 9.64 Å². The molecule has 1 atom stereocenters. The first-order valence-electron chi connectivity index (χ1n) is 13.1. The maximum absolute atomic E-state index is 12.4. The van der Waals surface area contributed by atoms with E-state index in [2.05, 4.69) is 35.0 Å². The normalized spacial score (nSPS) is 17.9. The summed E-state index contributed by atoms with van der Waals surface area (Å²) in [7, 11) is 3.98. The third kappa shape index (κ3) is 4.39. The monoisotopic (exact) mass is 506 g/mol. The second-order valence-corrected chi connectivity index (χ2v) is 10.3. The smallest absolute Gasteiger partial charge is 0.302 e. The number of imidazole rings is 1. The fourth-order valence-corrected chi connectivity index (χ4v) is 5.61. The fraction of sp³-hybridized carbons (Fsp3) is 0.333. The van der Waals surface area contributed by atoms with Crippen LogP contribution in [0.1, 0.15) is 24.8 Å². The van der Waals surface area contributed by atoms with Gasteiger partial charge in [-0.1, -0.05) is 36.4 Å². The highest BCUT2D eigenvalue weighted by molar-refractivity contribution is 5.98. The lowest BCUT2D eigenvalue weighted by molar-refractivity contribution is -0.118. The molecule has 38 heavy (non-hydrogen) atoms. The molecule has 0 unspecified atom stereocenters. The Bertz CT molecular complexity index is 1550. The highest BCUT2D eigenvalue weighted by Gasteiger charge is 2.25. The molecule has 0 bridgehead atoms. The van der Waals surface area contributed by atoms with Gasteiger partial charge in [-0.3, -0.25) is 9.20 Å². The molecule has 2 aliphatic rings.